The minimum Gasteiger partial charge on any atom is -0.369 e. The molecule has 0 amide bonds. The first-order valence-corrected chi connectivity index (χ1v) is 6.28. The van der Waals surface area contributed by atoms with Crippen LogP contribution in [0.15, 0.2) is 36.4 Å². The van der Waals surface area contributed by atoms with Gasteiger partial charge in [-0.1, -0.05) is 29.8 Å². The summed E-state index contributed by atoms with van der Waals surface area (Å²) < 4.78 is 28.5. The predicted octanol–water partition coefficient (Wildman–Crippen LogP) is 3.60. The number of rotatable bonds is 2. The number of nitrogen functional groups attached to an aromatic ring is 1. The van der Waals surface area contributed by atoms with Gasteiger partial charge in [-0.05, 0) is 11.6 Å². The molecule has 0 saturated carbocycles. The number of nitrogens with zero attached hydrogens (tertiary/aromatic N) is 2. The maximum absolute atomic E-state index is 13.7. The zero-order valence-corrected chi connectivity index (χ0v) is 11.0. The standard InChI is InChI=1S/C14H10ClF2N3/c15-10-4-2-1-3-8(10)7-20-12-6-9(16)5-11(17)13(12)19-14(20)18/h1-6H,7H2,(H2,18,19). The third-order valence-electron chi connectivity index (χ3n) is 3.09. The average Bonchev–Trinajstić information content (AvgIpc) is 2.70. The van der Waals surface area contributed by atoms with E-state index in [4.69, 9.17) is 17.3 Å². The number of benzene rings is 2. The molecule has 0 radical (unpaired) electrons. The fourth-order valence-corrected chi connectivity index (χ4v) is 2.33. The Balaban J connectivity index is 2.17. The Hall–Kier alpha value is -2.14. The van der Waals surface area contributed by atoms with E-state index in [0.29, 0.717) is 17.1 Å². The average molecular weight is 294 g/mol. The normalized spacial score (nSPS) is 11.2. The van der Waals surface area contributed by atoms with Crippen LogP contribution in [0.5, 0.6) is 0 Å². The zero-order valence-electron chi connectivity index (χ0n) is 10.3. The number of hydrogen-bond donors (Lipinski definition) is 1. The lowest BCUT2D eigenvalue weighted by Crippen LogP contribution is -2.05. The van der Waals surface area contributed by atoms with Crippen molar-refractivity contribution in [3.8, 4) is 0 Å². The van der Waals surface area contributed by atoms with Gasteiger partial charge in [0.15, 0.2) is 5.82 Å². The van der Waals surface area contributed by atoms with Gasteiger partial charge in [0.1, 0.15) is 11.3 Å². The summed E-state index contributed by atoms with van der Waals surface area (Å²) in [5, 5.41) is 0.561. The molecule has 0 atom stereocenters. The zero-order chi connectivity index (χ0) is 14.3. The summed E-state index contributed by atoms with van der Waals surface area (Å²) in [5.74, 6) is -1.29. The first-order valence-electron chi connectivity index (χ1n) is 5.90. The van der Waals surface area contributed by atoms with Crippen LogP contribution in [0.25, 0.3) is 11.0 Å². The maximum atomic E-state index is 13.7. The molecule has 0 saturated heterocycles. The van der Waals surface area contributed by atoms with Gasteiger partial charge in [-0.2, -0.15) is 0 Å². The van der Waals surface area contributed by atoms with E-state index in [1.54, 1.807) is 12.1 Å². The molecule has 3 aromatic rings. The third kappa shape index (κ3) is 2.10. The second-order valence-electron chi connectivity index (χ2n) is 4.40. The van der Waals surface area contributed by atoms with Gasteiger partial charge in [0.25, 0.3) is 0 Å². The second-order valence-corrected chi connectivity index (χ2v) is 4.81. The van der Waals surface area contributed by atoms with Crippen LogP contribution in [0.4, 0.5) is 14.7 Å². The molecule has 1 aromatic heterocycles. The van der Waals surface area contributed by atoms with Crippen molar-refractivity contribution in [1.29, 1.82) is 0 Å². The summed E-state index contributed by atoms with van der Waals surface area (Å²) in [4.78, 5) is 3.94. The van der Waals surface area contributed by atoms with E-state index in [0.717, 1.165) is 11.6 Å². The molecule has 0 unspecified atom stereocenters. The van der Waals surface area contributed by atoms with Gasteiger partial charge in [-0.3, -0.25) is 0 Å². The molecule has 20 heavy (non-hydrogen) atoms. The van der Waals surface area contributed by atoms with Crippen molar-refractivity contribution in [3.63, 3.8) is 0 Å². The summed E-state index contributed by atoms with van der Waals surface area (Å²) >= 11 is 6.08. The molecule has 6 heteroatoms. The number of hydrogen-bond acceptors (Lipinski definition) is 2. The Morgan fingerprint density at radius 1 is 1.20 bits per heavy atom. The fourth-order valence-electron chi connectivity index (χ4n) is 2.13. The van der Waals surface area contributed by atoms with Crippen LogP contribution in [0.1, 0.15) is 5.56 Å². The highest BCUT2D eigenvalue weighted by molar-refractivity contribution is 6.31. The van der Waals surface area contributed by atoms with Crippen molar-refractivity contribution < 1.29 is 8.78 Å². The highest BCUT2D eigenvalue weighted by atomic mass is 35.5. The largest absolute Gasteiger partial charge is 0.369 e. The smallest absolute Gasteiger partial charge is 0.201 e. The summed E-state index contributed by atoms with van der Waals surface area (Å²) in [6.07, 6.45) is 0. The summed E-state index contributed by atoms with van der Waals surface area (Å²) in [5.41, 5.74) is 6.94. The Bertz CT molecular complexity index is 798. The number of imidazole rings is 1. The Morgan fingerprint density at radius 3 is 2.70 bits per heavy atom. The summed E-state index contributed by atoms with van der Waals surface area (Å²) in [7, 11) is 0. The molecule has 2 N–H and O–H groups in total. The molecular formula is C14H10ClF2N3. The Kier molecular flexibility index (Phi) is 3.06. The van der Waals surface area contributed by atoms with Crippen molar-refractivity contribution in [2.75, 3.05) is 5.73 Å². The van der Waals surface area contributed by atoms with Gasteiger partial charge in [-0.25, -0.2) is 13.8 Å². The molecule has 102 valence electrons. The van der Waals surface area contributed by atoms with Crippen LogP contribution >= 0.6 is 11.6 Å². The topological polar surface area (TPSA) is 43.8 Å². The molecule has 0 fully saturated rings. The van der Waals surface area contributed by atoms with Crippen molar-refractivity contribution in [1.82, 2.24) is 9.55 Å². The summed E-state index contributed by atoms with van der Waals surface area (Å²) in [6.45, 7) is 0.297. The van der Waals surface area contributed by atoms with Gasteiger partial charge in [0.2, 0.25) is 5.95 Å². The number of nitrogens with two attached hydrogens (primary N) is 1. The van der Waals surface area contributed by atoms with Crippen LogP contribution < -0.4 is 5.73 Å². The van der Waals surface area contributed by atoms with Gasteiger partial charge in [0.05, 0.1) is 12.1 Å². The van der Waals surface area contributed by atoms with Crippen molar-refractivity contribution in [2.24, 2.45) is 0 Å². The molecular weight excluding hydrogens is 284 g/mol. The van der Waals surface area contributed by atoms with E-state index in [-0.39, 0.29) is 11.5 Å². The highest BCUT2D eigenvalue weighted by Gasteiger charge is 2.14. The quantitative estimate of drug-likeness (QED) is 0.784. The second kappa shape index (κ2) is 4.76. The molecule has 0 aliphatic heterocycles. The van der Waals surface area contributed by atoms with E-state index in [1.807, 2.05) is 12.1 Å². The number of halogens is 3. The Morgan fingerprint density at radius 2 is 1.95 bits per heavy atom. The SMILES string of the molecule is Nc1nc2c(F)cc(F)cc2n1Cc1ccccc1Cl. The monoisotopic (exact) mass is 293 g/mol. The van der Waals surface area contributed by atoms with Gasteiger partial charge < -0.3 is 10.3 Å². The van der Waals surface area contributed by atoms with Crippen LogP contribution in [-0.2, 0) is 6.54 Å². The van der Waals surface area contributed by atoms with Crippen molar-refractivity contribution in [2.45, 2.75) is 6.54 Å². The molecule has 3 nitrogen and oxygen atoms in total. The molecule has 0 bridgehead atoms. The van der Waals surface area contributed by atoms with E-state index in [9.17, 15) is 8.78 Å². The molecule has 0 aliphatic carbocycles. The van der Waals surface area contributed by atoms with Gasteiger partial charge in [0, 0.05) is 17.2 Å². The lowest BCUT2D eigenvalue weighted by atomic mass is 10.2. The third-order valence-corrected chi connectivity index (χ3v) is 3.46. The first kappa shape index (κ1) is 12.9. The number of fused-ring (bicyclic) bond motifs is 1. The van der Waals surface area contributed by atoms with Crippen LogP contribution in [-0.4, -0.2) is 9.55 Å². The summed E-state index contributed by atoms with van der Waals surface area (Å²) in [6, 6.07) is 9.20. The van der Waals surface area contributed by atoms with Crippen molar-refractivity contribution in [3.05, 3.63) is 58.6 Å². The minimum atomic E-state index is -0.732. The van der Waals surface area contributed by atoms with Gasteiger partial charge >= 0.3 is 0 Å². The Labute approximate surface area is 118 Å². The van der Waals surface area contributed by atoms with Crippen LogP contribution in [0.3, 0.4) is 0 Å². The maximum Gasteiger partial charge on any atom is 0.201 e. The first-order chi connectivity index (χ1) is 9.56. The van der Waals surface area contributed by atoms with Crippen LogP contribution in [0, 0.1) is 11.6 Å². The van der Waals surface area contributed by atoms with E-state index in [1.165, 1.54) is 10.6 Å². The molecule has 0 spiro atoms. The number of anilines is 1. The van der Waals surface area contributed by atoms with Crippen LogP contribution in [0.2, 0.25) is 5.02 Å². The number of aromatic nitrogens is 2. The van der Waals surface area contributed by atoms with E-state index in [2.05, 4.69) is 4.98 Å². The predicted molar refractivity (Wildman–Crippen MR) is 74.6 cm³/mol. The molecule has 0 aliphatic rings. The highest BCUT2D eigenvalue weighted by Crippen LogP contribution is 2.25. The lowest BCUT2D eigenvalue weighted by Gasteiger charge is -2.08. The van der Waals surface area contributed by atoms with Gasteiger partial charge in [-0.15, -0.1) is 0 Å². The minimum absolute atomic E-state index is 0.0518. The lowest BCUT2D eigenvalue weighted by molar-refractivity contribution is 0.590. The molecule has 3 rings (SSSR count). The molecule has 2 aromatic carbocycles. The molecule has 1 heterocycles. The van der Waals surface area contributed by atoms with E-state index < -0.39 is 11.6 Å². The fraction of sp³-hybridized carbons (Fsp3) is 0.0714. The van der Waals surface area contributed by atoms with Crippen molar-refractivity contribution >= 4 is 28.6 Å². The van der Waals surface area contributed by atoms with E-state index >= 15 is 0 Å².